The molecule has 0 N–H and O–H groups in total. The largest absolute Gasteiger partial charge is 0.468 e. The second kappa shape index (κ2) is 16.2. The molecule has 2 saturated heterocycles. The Bertz CT molecular complexity index is 1200. The monoisotopic (exact) mass is 665 g/mol. The van der Waals surface area contributed by atoms with Gasteiger partial charge in [0.1, 0.15) is 10.5 Å². The van der Waals surface area contributed by atoms with Crippen molar-refractivity contribution in [3.8, 4) is 0 Å². The van der Waals surface area contributed by atoms with E-state index in [0.717, 1.165) is 60.6 Å². The van der Waals surface area contributed by atoms with Gasteiger partial charge in [0.25, 0.3) is 0 Å². The lowest BCUT2D eigenvalue weighted by Crippen LogP contribution is -2.45. The average molecular weight is 667 g/mol. The molecule has 1 amide bonds. The first-order valence-corrected chi connectivity index (χ1v) is 17.8. The van der Waals surface area contributed by atoms with E-state index < -0.39 is 10.5 Å². The maximum atomic E-state index is 13.7. The minimum Gasteiger partial charge on any atom is -0.468 e. The summed E-state index contributed by atoms with van der Waals surface area (Å²) in [6.07, 6.45) is 2.09. The highest BCUT2D eigenvalue weighted by atomic mass is 35.5. The van der Waals surface area contributed by atoms with Gasteiger partial charge in [0.15, 0.2) is 0 Å². The Balaban J connectivity index is 1.53. The molecular weight excluding hydrogens is 621 g/mol. The Kier molecular flexibility index (Phi) is 13.0. The standard InChI is InChI=1S/C33H45Cl2N3O3S2/c1-36(2)32(39)30(42-20-24-18-37(3)16-14-28(24)22-6-10-26(34)11-7-22)31(33(40)41-5)43-21-25-19-38(4)17-15-29(25)23-8-12-27(35)13-9-23/h6-13,24-25,28-31H,14-21H2,1-5H3/t24-,25-,28-,29-,30?,31?/m1/s1. The van der Waals surface area contributed by atoms with Crippen LogP contribution in [0.4, 0.5) is 0 Å². The van der Waals surface area contributed by atoms with Gasteiger partial charge in [0.2, 0.25) is 5.91 Å². The van der Waals surface area contributed by atoms with Crippen LogP contribution in [-0.2, 0) is 14.3 Å². The van der Waals surface area contributed by atoms with Gasteiger partial charge in [-0.2, -0.15) is 0 Å². The van der Waals surface area contributed by atoms with Crippen LogP contribution in [0.25, 0.3) is 0 Å². The highest BCUT2D eigenvalue weighted by Crippen LogP contribution is 2.40. The van der Waals surface area contributed by atoms with Gasteiger partial charge in [-0.25, -0.2) is 0 Å². The van der Waals surface area contributed by atoms with Crippen molar-refractivity contribution in [2.24, 2.45) is 11.8 Å². The first-order chi connectivity index (χ1) is 20.6. The van der Waals surface area contributed by atoms with E-state index in [1.54, 1.807) is 42.5 Å². The van der Waals surface area contributed by atoms with Crippen molar-refractivity contribution < 1.29 is 14.3 Å². The minimum absolute atomic E-state index is 0.0462. The smallest absolute Gasteiger partial charge is 0.320 e. The van der Waals surface area contributed by atoms with Crippen molar-refractivity contribution in [2.75, 3.05) is 73.0 Å². The second-order valence-corrected chi connectivity index (χ2v) is 15.4. The third kappa shape index (κ3) is 9.30. The first-order valence-electron chi connectivity index (χ1n) is 15.0. The summed E-state index contributed by atoms with van der Waals surface area (Å²) in [5.41, 5.74) is 2.56. The summed E-state index contributed by atoms with van der Waals surface area (Å²) in [6, 6.07) is 16.3. The number of hydrogen-bond acceptors (Lipinski definition) is 7. The van der Waals surface area contributed by atoms with Crippen LogP contribution in [0.15, 0.2) is 48.5 Å². The molecule has 0 saturated carbocycles. The van der Waals surface area contributed by atoms with E-state index in [-0.39, 0.29) is 11.9 Å². The molecule has 43 heavy (non-hydrogen) atoms. The zero-order valence-corrected chi connectivity index (χ0v) is 29.0. The number of ether oxygens (including phenoxy) is 1. The molecular formula is C33H45Cl2N3O3S2. The Morgan fingerprint density at radius 2 is 1.23 bits per heavy atom. The number of thioether (sulfide) groups is 2. The minimum atomic E-state index is -0.599. The van der Waals surface area contributed by atoms with Crippen LogP contribution in [-0.4, -0.2) is 110 Å². The Hall–Kier alpha value is -1.42. The van der Waals surface area contributed by atoms with E-state index in [4.69, 9.17) is 27.9 Å². The van der Waals surface area contributed by atoms with E-state index in [1.165, 1.54) is 18.2 Å². The molecule has 10 heteroatoms. The fourth-order valence-corrected chi connectivity index (χ4v) is 9.93. The number of carbonyl (C=O) groups is 2. The number of esters is 1. The lowest BCUT2D eigenvalue weighted by atomic mass is 9.81. The number of hydrogen-bond donors (Lipinski definition) is 0. The molecule has 2 fully saturated rings. The molecule has 236 valence electrons. The number of amides is 1. The van der Waals surface area contributed by atoms with Crippen molar-refractivity contribution in [3.63, 3.8) is 0 Å². The third-order valence-corrected chi connectivity index (χ3v) is 12.4. The van der Waals surface area contributed by atoms with Crippen molar-refractivity contribution in [2.45, 2.75) is 35.2 Å². The Morgan fingerprint density at radius 1 is 0.814 bits per heavy atom. The Morgan fingerprint density at radius 3 is 1.63 bits per heavy atom. The fraction of sp³-hybridized carbons (Fsp3) is 0.576. The Labute approximate surface area is 276 Å². The van der Waals surface area contributed by atoms with Crippen LogP contribution in [0.3, 0.4) is 0 Å². The van der Waals surface area contributed by atoms with Gasteiger partial charge < -0.3 is 19.4 Å². The number of benzene rings is 2. The number of rotatable bonds is 11. The number of carbonyl (C=O) groups excluding carboxylic acids is 2. The van der Waals surface area contributed by atoms with Gasteiger partial charge in [0, 0.05) is 37.2 Å². The summed E-state index contributed by atoms with van der Waals surface area (Å²) >= 11 is 15.6. The van der Waals surface area contributed by atoms with Gasteiger partial charge in [-0.05, 0) is 111 Å². The summed E-state index contributed by atoms with van der Waals surface area (Å²) in [5.74, 6) is 2.57. The maximum absolute atomic E-state index is 13.7. The predicted molar refractivity (Wildman–Crippen MR) is 183 cm³/mol. The quantitative estimate of drug-likeness (QED) is 0.264. The summed E-state index contributed by atoms with van der Waals surface area (Å²) in [5, 5.41) is 0.330. The van der Waals surface area contributed by atoms with E-state index in [1.807, 2.05) is 24.3 Å². The number of methoxy groups -OCH3 is 1. The lowest BCUT2D eigenvalue weighted by molar-refractivity contribution is -0.142. The molecule has 2 aromatic rings. The highest BCUT2D eigenvalue weighted by Gasteiger charge is 2.40. The second-order valence-electron chi connectivity index (χ2n) is 12.2. The summed E-state index contributed by atoms with van der Waals surface area (Å²) < 4.78 is 5.33. The highest BCUT2D eigenvalue weighted by molar-refractivity contribution is 8.04. The van der Waals surface area contributed by atoms with E-state index in [0.29, 0.717) is 23.7 Å². The summed E-state index contributed by atoms with van der Waals surface area (Å²) in [6.45, 7) is 3.93. The fourth-order valence-electron chi connectivity index (χ4n) is 6.46. The molecule has 4 rings (SSSR count). The molecule has 0 aromatic heterocycles. The van der Waals surface area contributed by atoms with E-state index >= 15 is 0 Å². The van der Waals surface area contributed by atoms with Gasteiger partial charge >= 0.3 is 5.97 Å². The van der Waals surface area contributed by atoms with Gasteiger partial charge in [-0.3, -0.25) is 9.59 Å². The van der Waals surface area contributed by atoms with E-state index in [9.17, 15) is 9.59 Å². The third-order valence-electron chi connectivity index (χ3n) is 8.84. The molecule has 0 radical (unpaired) electrons. The molecule has 2 aliphatic heterocycles. The molecule has 6 atom stereocenters. The molecule has 2 heterocycles. The van der Waals surface area contributed by atoms with Crippen molar-refractivity contribution >= 4 is 58.6 Å². The number of likely N-dealkylation sites (tertiary alicyclic amines) is 2. The zero-order valence-electron chi connectivity index (χ0n) is 25.9. The first kappa shape index (κ1) is 34.5. The SMILES string of the molecule is COC(=O)C(SC[C@H]1CN(C)CC[C@@H]1c1ccc(Cl)cc1)C(SC[C@H]1CN(C)CC[C@@H]1c1ccc(Cl)cc1)C(=O)N(C)C. The molecule has 2 unspecified atom stereocenters. The average Bonchev–Trinajstić information content (AvgIpc) is 2.99. The molecule has 2 aliphatic rings. The van der Waals surface area contributed by atoms with Crippen molar-refractivity contribution in [1.82, 2.24) is 14.7 Å². The van der Waals surface area contributed by atoms with Crippen LogP contribution in [0, 0.1) is 11.8 Å². The topological polar surface area (TPSA) is 53.1 Å². The predicted octanol–water partition coefficient (Wildman–Crippen LogP) is 6.23. The van der Waals surface area contributed by atoms with Gasteiger partial charge in [-0.1, -0.05) is 47.5 Å². The zero-order chi connectivity index (χ0) is 31.1. The molecule has 6 nitrogen and oxygen atoms in total. The van der Waals surface area contributed by atoms with Gasteiger partial charge in [0.05, 0.1) is 7.11 Å². The molecule has 2 aromatic carbocycles. The van der Waals surface area contributed by atoms with Gasteiger partial charge in [-0.15, -0.1) is 23.5 Å². The summed E-state index contributed by atoms with van der Waals surface area (Å²) in [7, 11) is 9.28. The number of halogens is 2. The normalized spacial score (nSPS) is 24.7. The van der Waals surface area contributed by atoms with Crippen LogP contribution < -0.4 is 0 Å². The van der Waals surface area contributed by atoms with Crippen LogP contribution >= 0.6 is 46.7 Å². The lowest BCUT2D eigenvalue weighted by Gasteiger charge is -2.39. The molecule has 0 aliphatic carbocycles. The van der Waals surface area contributed by atoms with Crippen LogP contribution in [0.2, 0.25) is 10.0 Å². The number of nitrogens with zero attached hydrogens (tertiary/aromatic N) is 3. The summed E-state index contributed by atoms with van der Waals surface area (Å²) in [4.78, 5) is 33.4. The van der Waals surface area contributed by atoms with Crippen LogP contribution in [0.5, 0.6) is 0 Å². The van der Waals surface area contributed by atoms with Crippen LogP contribution in [0.1, 0.15) is 35.8 Å². The molecule has 0 spiro atoms. The van der Waals surface area contributed by atoms with Crippen molar-refractivity contribution in [3.05, 3.63) is 69.7 Å². The van der Waals surface area contributed by atoms with E-state index in [2.05, 4.69) is 48.2 Å². The maximum Gasteiger partial charge on any atom is 0.320 e. The van der Waals surface area contributed by atoms with Crippen molar-refractivity contribution in [1.29, 1.82) is 0 Å². The number of piperidine rings is 2. The molecule has 0 bridgehead atoms.